The fourth-order valence-electron chi connectivity index (χ4n) is 14.4. The van der Waals surface area contributed by atoms with Crippen LogP contribution < -0.4 is 26.2 Å². The Labute approximate surface area is 423 Å². The lowest BCUT2D eigenvalue weighted by atomic mass is 9.33. The van der Waals surface area contributed by atoms with Gasteiger partial charge < -0.3 is 14.2 Å². The Kier molecular flexibility index (Phi) is 9.22. The lowest BCUT2D eigenvalue weighted by Gasteiger charge is -2.48. The first kappa shape index (κ1) is 44.9. The van der Waals surface area contributed by atoms with Crippen LogP contribution in [0.5, 0.6) is 0 Å². The zero-order valence-electron chi connectivity index (χ0n) is 44.7. The van der Waals surface area contributed by atoms with E-state index in [-0.39, 0.29) is 39.2 Å². The van der Waals surface area contributed by atoms with E-state index in [1.54, 1.807) is 0 Å². The first-order valence-electron chi connectivity index (χ1n) is 26.8. The van der Waals surface area contributed by atoms with Crippen LogP contribution in [0.1, 0.15) is 161 Å². The Hall–Kier alpha value is -6.00. The maximum atomic E-state index is 7.17. The Bertz CT molecular complexity index is 3580. The van der Waals surface area contributed by atoms with Crippen molar-refractivity contribution in [2.75, 3.05) is 9.80 Å². The second-order valence-electron chi connectivity index (χ2n) is 26.6. The van der Waals surface area contributed by atoms with Crippen LogP contribution in [0, 0.1) is 6.92 Å². The number of rotatable bonds is 3. The van der Waals surface area contributed by atoms with E-state index in [2.05, 4.69) is 221 Å². The summed E-state index contributed by atoms with van der Waals surface area (Å²) in [6.45, 7) is 31.8. The summed E-state index contributed by atoms with van der Waals surface area (Å²) in [6, 6.07) is 47.8. The number of para-hydroxylation sites is 1. The van der Waals surface area contributed by atoms with Crippen molar-refractivity contribution >= 4 is 79.2 Å². The van der Waals surface area contributed by atoms with Crippen molar-refractivity contribution in [3.63, 3.8) is 0 Å². The van der Waals surface area contributed by atoms with Gasteiger partial charge in [0.05, 0.1) is 16.8 Å². The number of furan rings is 1. The normalized spacial score (nSPS) is 20.2. The van der Waals surface area contributed by atoms with Crippen molar-refractivity contribution in [3.8, 4) is 11.1 Å². The first-order chi connectivity index (χ1) is 33.6. The molecular weight excluding hydrogens is 860 g/mol. The number of hydrogen-bond donors (Lipinski definition) is 0. The number of anilines is 6. The highest BCUT2D eigenvalue weighted by molar-refractivity contribution is 7.00. The van der Waals surface area contributed by atoms with Crippen LogP contribution in [0.15, 0.2) is 126 Å². The topological polar surface area (TPSA) is 19.6 Å². The van der Waals surface area contributed by atoms with Crippen molar-refractivity contribution in [1.82, 2.24) is 0 Å². The summed E-state index contributed by atoms with van der Waals surface area (Å²) in [5.41, 5.74) is 26.4. The third-order valence-electron chi connectivity index (χ3n) is 19.1. The number of aryl methyl sites for hydroxylation is 1. The quantitative estimate of drug-likeness (QED) is 0.165. The summed E-state index contributed by atoms with van der Waals surface area (Å²) >= 11 is 0. The lowest BCUT2D eigenvalue weighted by molar-refractivity contribution is 0.332. The predicted molar refractivity (Wildman–Crippen MR) is 304 cm³/mol. The Balaban J connectivity index is 1.18. The SMILES string of the molecule is Cc1cc2c3c(c1)N(c1ccccc1-c1ccccc1)c1c(ccc4oc5cc6c(cc5c14)C(C)(C)CCC6(C)C)B3c1cc3c(cc1N2c1ccc2c(c1)C(C)(C)CCC2(C)C)C(C)(C)CCC3(C)C. The summed E-state index contributed by atoms with van der Waals surface area (Å²) < 4.78 is 7.17. The summed E-state index contributed by atoms with van der Waals surface area (Å²) in [4.78, 5) is 5.36. The van der Waals surface area contributed by atoms with Gasteiger partial charge in [-0.15, -0.1) is 0 Å². The maximum absolute atomic E-state index is 7.17. The fraction of sp³-hybridized carbons (Fsp3) is 0.373. The molecule has 3 aliphatic carbocycles. The largest absolute Gasteiger partial charge is 0.456 e. The molecule has 5 aliphatic rings. The van der Waals surface area contributed by atoms with E-state index in [1.807, 2.05) is 0 Å². The van der Waals surface area contributed by atoms with E-state index < -0.39 is 0 Å². The summed E-state index contributed by atoms with van der Waals surface area (Å²) in [5.74, 6) is 0. The molecule has 358 valence electrons. The average Bonchev–Trinajstić information content (AvgIpc) is 3.71. The fourth-order valence-corrected chi connectivity index (χ4v) is 14.4. The maximum Gasteiger partial charge on any atom is 0.252 e. The second-order valence-corrected chi connectivity index (χ2v) is 26.6. The number of fused-ring (bicyclic) bond motifs is 11. The van der Waals surface area contributed by atoms with Gasteiger partial charge >= 0.3 is 0 Å². The first-order valence-corrected chi connectivity index (χ1v) is 26.8. The highest BCUT2D eigenvalue weighted by Crippen LogP contribution is 2.55. The van der Waals surface area contributed by atoms with Crippen LogP contribution in [0.4, 0.5) is 34.1 Å². The van der Waals surface area contributed by atoms with Gasteiger partial charge in [-0.3, -0.25) is 0 Å². The van der Waals surface area contributed by atoms with Crippen LogP contribution in [-0.2, 0) is 32.5 Å². The minimum absolute atomic E-state index is 0.0246. The number of benzene rings is 7. The lowest BCUT2D eigenvalue weighted by Crippen LogP contribution is -2.62. The highest BCUT2D eigenvalue weighted by atomic mass is 16.3. The molecule has 3 nitrogen and oxygen atoms in total. The van der Waals surface area contributed by atoms with E-state index in [0.717, 1.165) is 30.4 Å². The van der Waals surface area contributed by atoms with Gasteiger partial charge in [0.2, 0.25) is 0 Å². The van der Waals surface area contributed by atoms with Gasteiger partial charge in [0.15, 0.2) is 0 Å². The van der Waals surface area contributed by atoms with Crippen LogP contribution >= 0.6 is 0 Å². The molecule has 7 aromatic carbocycles. The molecule has 4 heteroatoms. The Morgan fingerprint density at radius 3 is 1.61 bits per heavy atom. The molecule has 0 saturated carbocycles. The summed E-state index contributed by atoms with van der Waals surface area (Å²) in [7, 11) is 0. The molecule has 8 aromatic rings. The third kappa shape index (κ3) is 6.41. The van der Waals surface area contributed by atoms with Crippen LogP contribution in [0.2, 0.25) is 0 Å². The van der Waals surface area contributed by atoms with Gasteiger partial charge in [0, 0.05) is 33.7 Å². The van der Waals surface area contributed by atoms with E-state index in [0.29, 0.717) is 0 Å². The Morgan fingerprint density at radius 2 is 0.958 bits per heavy atom. The minimum atomic E-state index is -0.0246. The molecule has 0 spiro atoms. The molecule has 71 heavy (non-hydrogen) atoms. The smallest absolute Gasteiger partial charge is 0.252 e. The monoisotopic (exact) mass is 931 g/mol. The predicted octanol–water partition coefficient (Wildman–Crippen LogP) is 16.7. The molecule has 0 fully saturated rings. The van der Waals surface area contributed by atoms with Crippen molar-refractivity contribution < 1.29 is 4.42 Å². The molecule has 0 unspecified atom stereocenters. The molecule has 1 aromatic heterocycles. The molecule has 3 heterocycles. The van der Waals surface area contributed by atoms with Gasteiger partial charge in [-0.05, 0) is 193 Å². The molecule has 0 amide bonds. The molecule has 0 atom stereocenters. The van der Waals surface area contributed by atoms with E-state index in [1.165, 1.54) is 131 Å². The molecule has 2 aliphatic heterocycles. The molecule has 0 bridgehead atoms. The zero-order chi connectivity index (χ0) is 49.5. The van der Waals surface area contributed by atoms with Crippen molar-refractivity contribution in [1.29, 1.82) is 0 Å². The van der Waals surface area contributed by atoms with E-state index in [4.69, 9.17) is 4.42 Å². The molecular formula is C67H71BN2O. The standard InChI is InChI=1S/C67H71BN2O/c1-40-33-55-60-56(34-40)70(53-22-18-17-21-43(53)41-19-15-14-16-20-41)61-51(25-26-57-59(61)44-36-47-50(39-58(44)71-57)67(12,13)32-29-64(47,6)7)68(60)52-37-48-49(66(10,11)31-30-65(48,8)9)38-54(52)69(55)42-23-24-45-46(35-42)63(4,5)28-27-62(45,2)3/h14-26,33-39H,27-32H2,1-13H3. The highest BCUT2D eigenvalue weighted by Gasteiger charge is 2.48. The average molecular weight is 931 g/mol. The number of hydrogen-bond acceptors (Lipinski definition) is 3. The zero-order valence-corrected chi connectivity index (χ0v) is 44.7. The number of nitrogens with zero attached hydrogens (tertiary/aromatic N) is 2. The Morgan fingerprint density at radius 1 is 0.423 bits per heavy atom. The van der Waals surface area contributed by atoms with Crippen LogP contribution in [-0.4, -0.2) is 6.71 Å². The van der Waals surface area contributed by atoms with Crippen molar-refractivity contribution in [2.45, 2.75) is 161 Å². The molecule has 0 radical (unpaired) electrons. The van der Waals surface area contributed by atoms with Gasteiger partial charge in [0.1, 0.15) is 11.2 Å². The van der Waals surface area contributed by atoms with Gasteiger partial charge in [-0.25, -0.2) is 0 Å². The van der Waals surface area contributed by atoms with Crippen LogP contribution in [0.3, 0.4) is 0 Å². The van der Waals surface area contributed by atoms with Crippen molar-refractivity contribution in [3.05, 3.63) is 160 Å². The minimum Gasteiger partial charge on any atom is -0.456 e. The second kappa shape index (κ2) is 14.6. The van der Waals surface area contributed by atoms with E-state index >= 15 is 0 Å². The van der Waals surface area contributed by atoms with Gasteiger partial charge in [-0.2, -0.15) is 0 Å². The van der Waals surface area contributed by atoms with Gasteiger partial charge in [-0.1, -0.05) is 150 Å². The van der Waals surface area contributed by atoms with Crippen LogP contribution in [0.25, 0.3) is 33.1 Å². The van der Waals surface area contributed by atoms with E-state index in [9.17, 15) is 0 Å². The van der Waals surface area contributed by atoms with Crippen molar-refractivity contribution in [2.24, 2.45) is 0 Å². The molecule has 0 saturated heterocycles. The summed E-state index contributed by atoms with van der Waals surface area (Å²) in [5, 5.41) is 2.42. The third-order valence-corrected chi connectivity index (χ3v) is 19.1. The van der Waals surface area contributed by atoms with Gasteiger partial charge in [0.25, 0.3) is 6.71 Å². The summed E-state index contributed by atoms with van der Waals surface area (Å²) in [6.07, 6.45) is 7.02. The molecule has 13 rings (SSSR count). The molecule has 0 N–H and O–H groups in total.